The SMILES string of the molecule is CCN(C(=O)c1sc2ccccc2c1Cl)C(Cc1ccccc1CN1CCCCC1)c1nc2ccccc2[nH]1. The van der Waals surface area contributed by atoms with E-state index >= 15 is 0 Å². The zero-order chi connectivity index (χ0) is 26.8. The van der Waals surface area contributed by atoms with Crippen molar-refractivity contribution in [2.45, 2.75) is 45.2 Å². The van der Waals surface area contributed by atoms with Gasteiger partial charge in [0.25, 0.3) is 5.91 Å². The minimum Gasteiger partial charge on any atom is -0.340 e. The lowest BCUT2D eigenvalue weighted by molar-refractivity contribution is 0.0684. The molecule has 1 aliphatic rings. The molecule has 5 aromatic rings. The van der Waals surface area contributed by atoms with E-state index in [1.165, 1.54) is 41.7 Å². The van der Waals surface area contributed by atoms with Gasteiger partial charge in [0.15, 0.2) is 0 Å². The van der Waals surface area contributed by atoms with Crippen molar-refractivity contribution >= 4 is 50.0 Å². The fourth-order valence-corrected chi connectivity index (χ4v) is 7.22. The summed E-state index contributed by atoms with van der Waals surface area (Å²) >= 11 is 8.26. The minimum atomic E-state index is -0.265. The van der Waals surface area contributed by atoms with Gasteiger partial charge in [0.2, 0.25) is 0 Å². The first-order valence-electron chi connectivity index (χ1n) is 13.8. The number of hydrogen-bond acceptors (Lipinski definition) is 4. The Kier molecular flexibility index (Phi) is 7.69. The zero-order valence-corrected chi connectivity index (χ0v) is 23.8. The molecule has 1 saturated heterocycles. The fraction of sp³-hybridized carbons (Fsp3) is 0.312. The van der Waals surface area contributed by atoms with E-state index < -0.39 is 0 Å². The highest BCUT2D eigenvalue weighted by molar-refractivity contribution is 7.21. The number of benzene rings is 3. The third-order valence-corrected chi connectivity index (χ3v) is 9.47. The van der Waals surface area contributed by atoms with Crippen molar-refractivity contribution in [1.82, 2.24) is 19.8 Å². The standard InChI is InChI=1S/C32H33ClN4OS/c1-2-37(32(38)30-29(33)24-14-6-9-17-28(24)39-30)27(31-34-25-15-7-8-16-26(25)35-31)20-22-12-4-5-13-23(22)21-36-18-10-3-11-19-36/h4-9,12-17,27H,2-3,10-11,18-21H2,1H3,(H,34,35). The molecule has 6 rings (SSSR count). The first kappa shape index (κ1) is 26.1. The molecule has 0 saturated carbocycles. The highest BCUT2D eigenvalue weighted by atomic mass is 35.5. The fourth-order valence-electron chi connectivity index (χ4n) is 5.75. The molecule has 0 bridgehead atoms. The van der Waals surface area contributed by atoms with E-state index in [1.807, 2.05) is 60.4 Å². The number of para-hydroxylation sites is 2. The third kappa shape index (κ3) is 5.33. The van der Waals surface area contributed by atoms with Crippen molar-refractivity contribution < 1.29 is 4.79 Å². The number of aromatic amines is 1. The number of nitrogens with one attached hydrogen (secondary N) is 1. The van der Waals surface area contributed by atoms with Gasteiger partial charge in [0.1, 0.15) is 10.7 Å². The first-order chi connectivity index (χ1) is 19.1. The molecule has 0 spiro atoms. The van der Waals surface area contributed by atoms with Crippen LogP contribution in [-0.2, 0) is 13.0 Å². The molecule has 2 aromatic heterocycles. The number of piperidine rings is 1. The van der Waals surface area contributed by atoms with Crippen molar-refractivity contribution in [2.24, 2.45) is 0 Å². The maximum absolute atomic E-state index is 14.2. The summed E-state index contributed by atoms with van der Waals surface area (Å²) in [4.78, 5) is 27.8. The maximum Gasteiger partial charge on any atom is 0.266 e. The van der Waals surface area contributed by atoms with Gasteiger partial charge in [-0.1, -0.05) is 72.6 Å². The van der Waals surface area contributed by atoms with E-state index in [4.69, 9.17) is 16.6 Å². The minimum absolute atomic E-state index is 0.0531. The van der Waals surface area contributed by atoms with Crippen LogP contribution in [-0.4, -0.2) is 45.3 Å². The Balaban J connectivity index is 1.39. The van der Waals surface area contributed by atoms with Gasteiger partial charge in [-0.3, -0.25) is 9.69 Å². The molecule has 0 radical (unpaired) electrons. The number of carbonyl (C=O) groups excluding carboxylic acids is 1. The zero-order valence-electron chi connectivity index (χ0n) is 22.2. The summed E-state index contributed by atoms with van der Waals surface area (Å²) in [7, 11) is 0. The van der Waals surface area contributed by atoms with Gasteiger partial charge in [-0.2, -0.15) is 0 Å². The number of likely N-dealkylation sites (N-methyl/N-ethyl adjacent to an activating group) is 1. The number of fused-ring (bicyclic) bond motifs is 2. The summed E-state index contributed by atoms with van der Waals surface area (Å²) in [6.45, 7) is 5.80. The molecule has 3 aromatic carbocycles. The molecular weight excluding hydrogens is 524 g/mol. The Bertz CT molecular complexity index is 1570. The quantitative estimate of drug-likeness (QED) is 0.211. The van der Waals surface area contributed by atoms with Gasteiger partial charge in [0.05, 0.1) is 22.1 Å². The molecule has 1 aliphatic heterocycles. The number of nitrogens with zero attached hydrogens (tertiary/aromatic N) is 3. The number of imidazole rings is 1. The van der Waals surface area contributed by atoms with Gasteiger partial charge >= 0.3 is 0 Å². The largest absolute Gasteiger partial charge is 0.340 e. The summed E-state index contributed by atoms with van der Waals surface area (Å²) < 4.78 is 1.02. The smallest absolute Gasteiger partial charge is 0.266 e. The Hall–Kier alpha value is -3.19. The number of likely N-dealkylation sites (tertiary alicyclic amines) is 1. The second kappa shape index (κ2) is 11.5. The van der Waals surface area contributed by atoms with Crippen LogP contribution in [0.1, 0.15) is 58.9 Å². The van der Waals surface area contributed by atoms with E-state index in [0.29, 0.717) is 22.9 Å². The second-order valence-corrected chi connectivity index (χ2v) is 11.7. The van der Waals surface area contributed by atoms with Crippen LogP contribution in [0.5, 0.6) is 0 Å². The average Bonchev–Trinajstić information content (AvgIpc) is 3.55. The number of aromatic nitrogens is 2. The second-order valence-electron chi connectivity index (χ2n) is 10.3. The Morgan fingerprint density at radius 3 is 2.49 bits per heavy atom. The van der Waals surface area contributed by atoms with Crippen LogP contribution < -0.4 is 0 Å². The Labute approximate surface area is 238 Å². The predicted octanol–water partition coefficient (Wildman–Crippen LogP) is 7.86. The summed E-state index contributed by atoms with van der Waals surface area (Å²) in [5.74, 6) is 0.749. The summed E-state index contributed by atoms with van der Waals surface area (Å²) in [6, 6.07) is 24.4. The predicted molar refractivity (Wildman–Crippen MR) is 162 cm³/mol. The maximum atomic E-state index is 14.2. The molecule has 200 valence electrons. The molecular formula is C32H33ClN4OS. The van der Waals surface area contributed by atoms with Crippen molar-refractivity contribution in [3.8, 4) is 0 Å². The molecule has 1 fully saturated rings. The topological polar surface area (TPSA) is 52.2 Å². The monoisotopic (exact) mass is 556 g/mol. The van der Waals surface area contributed by atoms with Crippen molar-refractivity contribution in [2.75, 3.05) is 19.6 Å². The van der Waals surface area contributed by atoms with Gasteiger partial charge in [-0.15, -0.1) is 11.3 Å². The van der Waals surface area contributed by atoms with E-state index in [0.717, 1.165) is 46.6 Å². The van der Waals surface area contributed by atoms with Crippen LogP contribution in [0.2, 0.25) is 5.02 Å². The highest BCUT2D eigenvalue weighted by Gasteiger charge is 2.31. The van der Waals surface area contributed by atoms with E-state index in [1.54, 1.807) is 0 Å². The molecule has 3 heterocycles. The molecule has 1 atom stereocenters. The van der Waals surface area contributed by atoms with Gasteiger partial charge in [0, 0.05) is 29.6 Å². The molecule has 5 nitrogen and oxygen atoms in total. The molecule has 39 heavy (non-hydrogen) atoms. The van der Waals surface area contributed by atoms with Crippen LogP contribution in [0.15, 0.2) is 72.8 Å². The lowest BCUT2D eigenvalue weighted by atomic mass is 9.97. The normalized spacial score (nSPS) is 15.1. The number of halogens is 1. The number of carbonyl (C=O) groups is 1. The highest BCUT2D eigenvalue weighted by Crippen LogP contribution is 2.38. The Morgan fingerprint density at radius 1 is 1.00 bits per heavy atom. The number of H-pyrrole nitrogens is 1. The summed E-state index contributed by atoms with van der Waals surface area (Å²) in [6.07, 6.45) is 4.52. The van der Waals surface area contributed by atoms with E-state index in [9.17, 15) is 4.79 Å². The third-order valence-electron chi connectivity index (χ3n) is 7.80. The van der Waals surface area contributed by atoms with Crippen LogP contribution in [0, 0.1) is 0 Å². The summed E-state index contributed by atoms with van der Waals surface area (Å²) in [5, 5.41) is 1.46. The number of amides is 1. The van der Waals surface area contributed by atoms with Crippen LogP contribution in [0.25, 0.3) is 21.1 Å². The van der Waals surface area contributed by atoms with Gasteiger partial charge < -0.3 is 9.88 Å². The first-order valence-corrected chi connectivity index (χ1v) is 15.0. The molecule has 1 amide bonds. The van der Waals surface area contributed by atoms with Crippen LogP contribution in [0.4, 0.5) is 0 Å². The molecule has 7 heteroatoms. The number of thiophene rings is 1. The van der Waals surface area contributed by atoms with Crippen molar-refractivity contribution in [3.05, 3.63) is 99.6 Å². The number of hydrogen-bond donors (Lipinski definition) is 1. The molecule has 1 N–H and O–H groups in total. The van der Waals surface area contributed by atoms with Crippen molar-refractivity contribution in [3.63, 3.8) is 0 Å². The number of rotatable bonds is 8. The van der Waals surface area contributed by atoms with Crippen LogP contribution >= 0.6 is 22.9 Å². The summed E-state index contributed by atoms with van der Waals surface area (Å²) in [5.41, 5.74) is 4.45. The van der Waals surface area contributed by atoms with Gasteiger partial charge in [-0.05, 0) is 62.2 Å². The average molecular weight is 557 g/mol. The lowest BCUT2D eigenvalue weighted by Crippen LogP contribution is -2.36. The van der Waals surface area contributed by atoms with Crippen molar-refractivity contribution in [1.29, 1.82) is 0 Å². The molecule has 1 unspecified atom stereocenters. The van der Waals surface area contributed by atoms with Gasteiger partial charge in [-0.25, -0.2) is 4.98 Å². The lowest BCUT2D eigenvalue weighted by Gasteiger charge is -2.31. The van der Waals surface area contributed by atoms with E-state index in [-0.39, 0.29) is 11.9 Å². The molecule has 0 aliphatic carbocycles. The Morgan fingerprint density at radius 2 is 1.72 bits per heavy atom. The van der Waals surface area contributed by atoms with Crippen LogP contribution in [0.3, 0.4) is 0 Å². The van der Waals surface area contributed by atoms with E-state index in [2.05, 4.69) is 34.1 Å².